The molecule has 1 aliphatic rings. The third kappa shape index (κ3) is 7.75. The van der Waals surface area contributed by atoms with Gasteiger partial charge in [-0.1, -0.05) is 200 Å². The van der Waals surface area contributed by atoms with Crippen molar-refractivity contribution in [2.75, 3.05) is 0 Å². The van der Waals surface area contributed by atoms with Crippen LogP contribution in [0.15, 0.2) is 273 Å². The van der Waals surface area contributed by atoms with E-state index in [1.54, 1.807) is 0 Å². The van der Waals surface area contributed by atoms with E-state index in [1.165, 1.54) is 73.7 Å². The van der Waals surface area contributed by atoms with E-state index < -0.39 is 18.1 Å². The number of dihydropyridines is 1. The average molecular weight is 872 g/mol. The Kier molecular flexibility index (Phi) is 11.8. The van der Waals surface area contributed by atoms with Gasteiger partial charge in [0, 0.05) is 25.1 Å². The van der Waals surface area contributed by atoms with E-state index in [2.05, 4.69) is 270 Å². The standard InChI is InChI=1S/C62H53NSSi/c1-46-40-47(2)62(48(3)41-46)51-44-60(49-24-22-32-55(42-49)64(52-26-10-4-11-27-52,53-28-12-5-13-29-53)54-30-14-6-15-31-54)63-61(45-51)50-25-23-39-59(43-50)65(56-33-16-7-17-34-56,57-35-18-8-19-36-57)58-37-20-9-21-38-58/h4-44,61H,45H2,1-3H3. The van der Waals surface area contributed by atoms with Crippen LogP contribution in [-0.4, -0.2) is 13.8 Å². The number of aliphatic imine (C=N–C) groups is 1. The largest absolute Gasteiger partial charge is 0.276 e. The first kappa shape index (κ1) is 41.9. The van der Waals surface area contributed by atoms with Crippen LogP contribution in [0.4, 0.5) is 0 Å². The summed E-state index contributed by atoms with van der Waals surface area (Å²) in [5.74, 6) is 0. The van der Waals surface area contributed by atoms with Crippen molar-refractivity contribution in [3.05, 3.63) is 282 Å². The molecule has 0 amide bonds. The molecule has 0 aromatic heterocycles. The first-order valence-electron chi connectivity index (χ1n) is 22.7. The van der Waals surface area contributed by atoms with Crippen molar-refractivity contribution in [1.29, 1.82) is 0 Å². The summed E-state index contributed by atoms with van der Waals surface area (Å²) >= 11 is 0. The fraction of sp³-hybridized carbons (Fsp3) is 0.0806. The molecule has 0 saturated heterocycles. The molecule has 0 fully saturated rings. The molecule has 0 saturated carbocycles. The lowest BCUT2D eigenvalue weighted by atomic mass is 9.85. The predicted octanol–water partition coefficient (Wildman–Crippen LogP) is 13.3. The Hall–Kier alpha value is -7.04. The van der Waals surface area contributed by atoms with Gasteiger partial charge in [0.05, 0.1) is 11.8 Å². The fourth-order valence-electron chi connectivity index (χ4n) is 10.5. The summed E-state index contributed by atoms with van der Waals surface area (Å²) in [5.41, 5.74) is 9.95. The van der Waals surface area contributed by atoms with E-state index in [1.807, 2.05) is 0 Å². The second kappa shape index (κ2) is 18.2. The van der Waals surface area contributed by atoms with Crippen molar-refractivity contribution in [3.8, 4) is 0 Å². The topological polar surface area (TPSA) is 12.4 Å². The number of aryl methyl sites for hydroxylation is 3. The van der Waals surface area contributed by atoms with Crippen LogP contribution in [0.25, 0.3) is 5.57 Å². The van der Waals surface area contributed by atoms with E-state index in [0.717, 1.165) is 17.7 Å². The maximum absolute atomic E-state index is 5.82. The highest BCUT2D eigenvalue weighted by Gasteiger charge is 2.42. The molecule has 1 aliphatic heterocycles. The summed E-state index contributed by atoms with van der Waals surface area (Å²) in [4.78, 5) is 11.0. The van der Waals surface area contributed by atoms with Gasteiger partial charge >= 0.3 is 0 Å². The van der Waals surface area contributed by atoms with Crippen molar-refractivity contribution < 1.29 is 0 Å². The molecule has 0 aliphatic carbocycles. The second-order valence-electron chi connectivity index (χ2n) is 17.2. The number of nitrogens with zero attached hydrogens (tertiary/aromatic N) is 1. The third-order valence-corrected chi connectivity index (χ3v) is 21.8. The minimum atomic E-state index is -2.77. The summed E-state index contributed by atoms with van der Waals surface area (Å²) in [5, 5.41) is 5.46. The number of hydrogen-bond donors (Lipinski definition) is 0. The van der Waals surface area contributed by atoms with Crippen LogP contribution in [0.2, 0.25) is 0 Å². The van der Waals surface area contributed by atoms with Crippen LogP contribution in [0.1, 0.15) is 45.8 Å². The Morgan fingerprint density at radius 1 is 0.415 bits per heavy atom. The number of benzene rings is 9. The number of hydrogen-bond acceptors (Lipinski definition) is 1. The molecule has 0 spiro atoms. The summed E-state index contributed by atoms with van der Waals surface area (Å²) in [6.07, 6.45) is 3.20. The van der Waals surface area contributed by atoms with Gasteiger partial charge in [0.1, 0.15) is 0 Å². The molecule has 1 nitrogen and oxygen atoms in total. The van der Waals surface area contributed by atoms with E-state index in [4.69, 9.17) is 4.99 Å². The molecule has 1 heterocycles. The molecular formula is C62H53NSSi. The van der Waals surface area contributed by atoms with Crippen LogP contribution in [0, 0.1) is 20.8 Å². The molecule has 316 valence electrons. The van der Waals surface area contributed by atoms with E-state index in [0.29, 0.717) is 0 Å². The van der Waals surface area contributed by atoms with E-state index >= 15 is 0 Å². The summed E-state index contributed by atoms with van der Waals surface area (Å²) in [6, 6.07) is 90.4. The number of allylic oxidation sites excluding steroid dienone is 1. The van der Waals surface area contributed by atoms with Gasteiger partial charge in [0.25, 0.3) is 0 Å². The zero-order chi connectivity index (χ0) is 44.2. The maximum Gasteiger partial charge on any atom is 0.179 e. The van der Waals surface area contributed by atoms with Crippen molar-refractivity contribution in [2.45, 2.75) is 52.8 Å². The highest BCUT2D eigenvalue weighted by molar-refractivity contribution is 8.34. The Morgan fingerprint density at radius 2 is 0.831 bits per heavy atom. The predicted molar refractivity (Wildman–Crippen MR) is 279 cm³/mol. The van der Waals surface area contributed by atoms with Crippen molar-refractivity contribution >= 4 is 50.1 Å². The summed E-state index contributed by atoms with van der Waals surface area (Å²) < 4.78 is 0. The Bertz CT molecular complexity index is 2910. The Balaban J connectivity index is 1.19. The Morgan fingerprint density at radius 3 is 1.31 bits per heavy atom. The van der Waals surface area contributed by atoms with Crippen molar-refractivity contribution in [1.82, 2.24) is 0 Å². The molecule has 65 heavy (non-hydrogen) atoms. The molecule has 1 atom stereocenters. The molecule has 9 aromatic carbocycles. The van der Waals surface area contributed by atoms with Gasteiger partial charge in [-0.05, 0) is 130 Å². The van der Waals surface area contributed by atoms with Crippen molar-refractivity contribution in [3.63, 3.8) is 0 Å². The van der Waals surface area contributed by atoms with Gasteiger partial charge in [-0.15, -0.1) is 10.0 Å². The highest BCUT2D eigenvalue weighted by Crippen LogP contribution is 2.73. The van der Waals surface area contributed by atoms with E-state index in [9.17, 15) is 0 Å². The minimum Gasteiger partial charge on any atom is -0.276 e. The highest BCUT2D eigenvalue weighted by atomic mass is 32.3. The van der Waals surface area contributed by atoms with Crippen LogP contribution in [0.3, 0.4) is 0 Å². The van der Waals surface area contributed by atoms with Crippen LogP contribution < -0.4 is 20.7 Å². The molecule has 0 N–H and O–H groups in total. The first-order valence-corrected chi connectivity index (χ1v) is 26.3. The summed E-state index contributed by atoms with van der Waals surface area (Å²) in [7, 11) is -4.66. The summed E-state index contributed by atoms with van der Waals surface area (Å²) in [6.45, 7) is 6.75. The fourth-order valence-corrected chi connectivity index (χ4v) is 19.2. The SMILES string of the molecule is Cc1cc(C)c(C2=CC(c3cccc(S(c4ccccc4)(c4ccccc4)c4ccccc4)c3)=NC(c3cccc([Si](c4ccccc4)(c4ccccc4)c4ccccc4)c3)C2)c(C)c1. The van der Waals surface area contributed by atoms with Gasteiger partial charge in [-0.25, -0.2) is 0 Å². The van der Waals surface area contributed by atoms with Gasteiger partial charge in [-0.2, -0.15) is 0 Å². The van der Waals surface area contributed by atoms with Gasteiger partial charge < -0.3 is 0 Å². The zero-order valence-corrected chi connectivity index (χ0v) is 39.1. The molecule has 0 bridgehead atoms. The number of rotatable bonds is 11. The minimum absolute atomic E-state index is 0.0998. The quantitative estimate of drug-likeness (QED) is 0.0907. The molecule has 0 radical (unpaired) electrons. The lowest BCUT2D eigenvalue weighted by molar-refractivity contribution is 0.747. The van der Waals surface area contributed by atoms with Gasteiger partial charge in [-0.3, -0.25) is 4.99 Å². The lowest BCUT2D eigenvalue weighted by Gasteiger charge is -2.42. The second-order valence-corrected chi connectivity index (χ2v) is 24.2. The maximum atomic E-state index is 5.82. The molecule has 1 unspecified atom stereocenters. The molecule has 9 aromatic rings. The van der Waals surface area contributed by atoms with Gasteiger partial charge in [0.2, 0.25) is 0 Å². The Labute approximate surface area is 387 Å². The average Bonchev–Trinajstić information content (AvgIpc) is 3.36. The zero-order valence-electron chi connectivity index (χ0n) is 37.3. The van der Waals surface area contributed by atoms with Crippen LogP contribution in [0.5, 0.6) is 0 Å². The first-order chi connectivity index (χ1) is 32.0. The monoisotopic (exact) mass is 871 g/mol. The van der Waals surface area contributed by atoms with E-state index in [-0.39, 0.29) is 6.04 Å². The molecule has 10 rings (SSSR count). The van der Waals surface area contributed by atoms with Crippen LogP contribution in [-0.2, 0) is 0 Å². The molecular weight excluding hydrogens is 819 g/mol. The van der Waals surface area contributed by atoms with Gasteiger partial charge in [0.15, 0.2) is 8.07 Å². The van der Waals surface area contributed by atoms with Crippen LogP contribution >= 0.6 is 10.0 Å². The molecule has 3 heteroatoms. The third-order valence-electron chi connectivity index (χ3n) is 13.1. The smallest absolute Gasteiger partial charge is 0.179 e. The van der Waals surface area contributed by atoms with Crippen molar-refractivity contribution in [2.24, 2.45) is 4.99 Å². The normalized spacial score (nSPS) is 14.3. The lowest BCUT2D eigenvalue weighted by Crippen LogP contribution is -2.74.